The molecule has 4 aromatic rings. The Morgan fingerprint density at radius 1 is 1.04 bits per heavy atom. The number of nitrogens with zero attached hydrogens (tertiary/aromatic N) is 2. The van der Waals surface area contributed by atoms with Gasteiger partial charge in [0.05, 0.1) is 39.9 Å². The smallest absolute Gasteiger partial charge is 0.434 e. The summed E-state index contributed by atoms with van der Waals surface area (Å²) in [7, 11) is 0. The van der Waals surface area contributed by atoms with Crippen LogP contribution in [-0.2, 0) is 16.1 Å². The molecule has 0 unspecified atom stereocenters. The van der Waals surface area contributed by atoms with Crippen molar-refractivity contribution in [2.45, 2.75) is 25.7 Å². The van der Waals surface area contributed by atoms with Crippen molar-refractivity contribution in [2.75, 3.05) is 6.61 Å². The number of esters is 1. The van der Waals surface area contributed by atoms with Gasteiger partial charge in [0.15, 0.2) is 10.5 Å². The largest absolute Gasteiger partial charge is 0.487 e. The zero-order valence-corrected chi connectivity index (χ0v) is 30.1. The number of halogens is 8. The third-order valence-electron chi connectivity index (χ3n) is 6.47. The van der Waals surface area contributed by atoms with Gasteiger partial charge >= 0.3 is 12.1 Å². The first-order valence-corrected chi connectivity index (χ1v) is 17.0. The van der Waals surface area contributed by atoms with Crippen LogP contribution in [0.2, 0.25) is 15.1 Å². The molecule has 0 fully saturated rings. The van der Waals surface area contributed by atoms with E-state index in [1.165, 1.54) is 31.2 Å². The third kappa shape index (κ3) is 7.40. The molecule has 0 aliphatic carbocycles. The molecule has 0 radical (unpaired) electrons. The molecule has 45 heavy (non-hydrogen) atoms. The van der Waals surface area contributed by atoms with Crippen LogP contribution in [-0.4, -0.2) is 23.3 Å². The Hall–Kier alpha value is -2.11. The fourth-order valence-corrected chi connectivity index (χ4v) is 8.11. The molecule has 0 saturated carbocycles. The summed E-state index contributed by atoms with van der Waals surface area (Å²) in [5.74, 6) is -0.610. The van der Waals surface area contributed by atoms with E-state index in [-0.39, 0.29) is 28.1 Å². The van der Waals surface area contributed by atoms with Crippen molar-refractivity contribution in [1.82, 2.24) is 4.57 Å². The fourth-order valence-electron chi connectivity index (χ4n) is 4.54. The minimum atomic E-state index is -5.00. The van der Waals surface area contributed by atoms with E-state index in [2.05, 4.69) is 50.2 Å². The predicted octanol–water partition coefficient (Wildman–Crippen LogP) is 8.09. The first-order valence-electron chi connectivity index (χ1n) is 12.9. The molecule has 3 aromatic carbocycles. The highest BCUT2D eigenvalue weighted by molar-refractivity contribution is 14.1. The van der Waals surface area contributed by atoms with Crippen LogP contribution in [0.3, 0.4) is 0 Å². The second-order valence-corrected chi connectivity index (χ2v) is 14.0. The Bertz CT molecular complexity index is 2010. The number of allylic oxidation sites excluding steroid dienone is 1. The number of carbonyl (C=O) groups is 1. The Morgan fingerprint density at radius 2 is 1.71 bits per heavy atom. The Morgan fingerprint density at radius 3 is 2.31 bits per heavy atom. The van der Waals surface area contributed by atoms with Crippen LogP contribution in [0, 0.1) is 7.14 Å². The van der Waals surface area contributed by atoms with E-state index in [0.717, 1.165) is 28.6 Å². The molecule has 15 heteroatoms. The van der Waals surface area contributed by atoms with Crippen LogP contribution < -0.4 is 19.6 Å². The monoisotopic (exact) mass is 918 g/mol. The van der Waals surface area contributed by atoms with Crippen LogP contribution in [0.25, 0.3) is 6.08 Å². The summed E-state index contributed by atoms with van der Waals surface area (Å²) < 4.78 is 56.7. The molecular weight excluding hydrogens is 902 g/mol. The van der Waals surface area contributed by atoms with E-state index in [1.54, 1.807) is 36.4 Å². The number of benzene rings is 3. The molecule has 0 bridgehead atoms. The molecule has 2 heterocycles. The number of fused-ring (bicyclic) bond motifs is 1. The second-order valence-electron chi connectivity index (χ2n) is 9.47. The molecule has 0 spiro atoms. The fraction of sp³-hybridized carbons (Fsp3) is 0.167. The van der Waals surface area contributed by atoms with Crippen molar-refractivity contribution in [1.29, 1.82) is 0 Å². The molecule has 0 saturated heterocycles. The van der Waals surface area contributed by atoms with Crippen molar-refractivity contribution in [3.63, 3.8) is 0 Å². The molecule has 1 aromatic heterocycles. The predicted molar refractivity (Wildman–Crippen MR) is 185 cm³/mol. The number of hydrogen-bond acceptors (Lipinski definition) is 6. The number of ether oxygens (including phenoxy) is 2. The van der Waals surface area contributed by atoms with E-state index < -0.39 is 35.0 Å². The molecular formula is C30H18Cl3F3I2N2O4S. The molecule has 1 aliphatic rings. The number of rotatable bonds is 7. The van der Waals surface area contributed by atoms with Gasteiger partial charge in [0, 0.05) is 5.02 Å². The van der Waals surface area contributed by atoms with Gasteiger partial charge in [-0.15, -0.1) is 0 Å². The van der Waals surface area contributed by atoms with Crippen LogP contribution in [0.15, 0.2) is 75.7 Å². The lowest BCUT2D eigenvalue weighted by Crippen LogP contribution is -2.41. The van der Waals surface area contributed by atoms with Gasteiger partial charge in [-0.25, -0.2) is 9.79 Å². The van der Waals surface area contributed by atoms with Gasteiger partial charge < -0.3 is 9.47 Å². The van der Waals surface area contributed by atoms with E-state index in [9.17, 15) is 22.8 Å². The number of carbonyl (C=O) groups excluding carboxylic acids is 1. The summed E-state index contributed by atoms with van der Waals surface area (Å²) in [4.78, 5) is 30.4. The molecule has 1 aliphatic heterocycles. The highest BCUT2D eigenvalue weighted by atomic mass is 127. The van der Waals surface area contributed by atoms with E-state index in [0.29, 0.717) is 26.4 Å². The lowest BCUT2D eigenvalue weighted by atomic mass is 9.95. The number of alkyl halides is 3. The Labute approximate surface area is 300 Å². The summed E-state index contributed by atoms with van der Waals surface area (Å²) >= 11 is 23.1. The molecule has 234 valence electrons. The van der Waals surface area contributed by atoms with E-state index >= 15 is 0 Å². The summed E-state index contributed by atoms with van der Waals surface area (Å²) in [6.45, 7) is 1.54. The van der Waals surface area contributed by atoms with Crippen molar-refractivity contribution in [2.24, 2.45) is 4.99 Å². The first-order chi connectivity index (χ1) is 21.3. The highest BCUT2D eigenvalue weighted by Gasteiger charge is 2.45. The van der Waals surface area contributed by atoms with Crippen LogP contribution >= 0.6 is 91.3 Å². The number of thiazole rings is 1. The van der Waals surface area contributed by atoms with E-state index in [1.807, 2.05) is 0 Å². The third-order valence-corrected chi connectivity index (χ3v) is 10.0. The summed E-state index contributed by atoms with van der Waals surface area (Å²) in [5, 5.41) is 1.18. The maximum Gasteiger partial charge on any atom is 0.434 e. The number of hydrogen-bond donors (Lipinski definition) is 0. The molecule has 6 nitrogen and oxygen atoms in total. The first kappa shape index (κ1) is 34.2. The Kier molecular flexibility index (Phi) is 10.6. The topological polar surface area (TPSA) is 69.9 Å². The van der Waals surface area contributed by atoms with Crippen LogP contribution in [0.5, 0.6) is 5.75 Å². The second kappa shape index (κ2) is 13.9. The minimum absolute atomic E-state index is 0.121. The molecule has 0 amide bonds. The summed E-state index contributed by atoms with van der Waals surface area (Å²) in [6.07, 6.45) is -3.43. The minimum Gasteiger partial charge on any atom is -0.487 e. The van der Waals surface area contributed by atoms with Gasteiger partial charge in [0.2, 0.25) is 0 Å². The normalized spacial score (nSPS) is 15.1. The molecule has 0 N–H and O–H groups in total. The summed E-state index contributed by atoms with van der Waals surface area (Å²) in [5.41, 5.74) is -1.15. The zero-order chi connectivity index (χ0) is 32.6. The van der Waals surface area contributed by atoms with Gasteiger partial charge in [0.25, 0.3) is 5.56 Å². The van der Waals surface area contributed by atoms with Crippen molar-refractivity contribution < 1.29 is 27.4 Å². The van der Waals surface area contributed by atoms with Crippen LogP contribution in [0.4, 0.5) is 13.2 Å². The quantitative estimate of drug-likeness (QED) is 0.139. The average Bonchev–Trinajstić information content (AvgIpc) is 3.28. The van der Waals surface area contributed by atoms with Gasteiger partial charge in [-0.05, 0) is 111 Å². The van der Waals surface area contributed by atoms with Gasteiger partial charge in [-0.3, -0.25) is 9.36 Å². The van der Waals surface area contributed by atoms with Crippen molar-refractivity contribution in [3.8, 4) is 5.75 Å². The zero-order valence-electron chi connectivity index (χ0n) is 22.7. The van der Waals surface area contributed by atoms with Gasteiger partial charge in [-0.2, -0.15) is 13.2 Å². The maximum atomic E-state index is 14.3. The average molecular weight is 920 g/mol. The van der Waals surface area contributed by atoms with Gasteiger partial charge in [-0.1, -0.05) is 64.3 Å². The molecule has 1 atom stereocenters. The van der Waals surface area contributed by atoms with Crippen molar-refractivity contribution in [3.05, 3.63) is 124 Å². The number of aromatic nitrogens is 1. The lowest BCUT2D eigenvalue weighted by molar-refractivity contribution is -0.140. The lowest BCUT2D eigenvalue weighted by Gasteiger charge is -2.26. The van der Waals surface area contributed by atoms with E-state index in [4.69, 9.17) is 44.3 Å². The van der Waals surface area contributed by atoms with Crippen LogP contribution in [0.1, 0.15) is 29.7 Å². The van der Waals surface area contributed by atoms with Gasteiger partial charge in [0.1, 0.15) is 12.4 Å². The maximum absolute atomic E-state index is 14.3. The Balaban J connectivity index is 1.60. The summed E-state index contributed by atoms with van der Waals surface area (Å²) in [6, 6.07) is 13.2. The molecule has 5 rings (SSSR count). The highest BCUT2D eigenvalue weighted by Crippen LogP contribution is 2.38. The standard InChI is InChI=1S/C30H18Cl3F3I2N2O4S/c1-2-43-28(42)23-24(16-4-6-17(31)7-5-16)40-27(41)22(45-29(40)39-26(23)30(34,35)36)12-15-10-20(37)25(21(38)11-15)44-13-14-3-8-18(32)19(33)9-14/h3-12,24H,2,13H2,1H3/b22-12-/t24-/m1/s1. The van der Waals surface area contributed by atoms with Crippen molar-refractivity contribution >= 4 is 103 Å². The SMILES string of the molecule is CCOC(=O)C1=C(C(F)(F)F)N=c2s/c(=C\c3cc(I)c(OCc4ccc(Cl)c(Cl)c4)c(I)c3)c(=O)n2[C@@H]1c1ccc(Cl)cc1.